The Labute approximate surface area is 126 Å². The first-order valence-electron chi connectivity index (χ1n) is 7.71. The average Bonchev–Trinajstić information content (AvgIpc) is 3.26. The lowest BCUT2D eigenvalue weighted by Gasteiger charge is -2.16. The van der Waals surface area contributed by atoms with Gasteiger partial charge in [-0.3, -0.25) is 4.98 Å². The predicted molar refractivity (Wildman–Crippen MR) is 85.1 cm³/mol. The molecule has 0 saturated heterocycles. The van der Waals surface area contributed by atoms with Gasteiger partial charge in [0.1, 0.15) is 5.82 Å². The summed E-state index contributed by atoms with van der Waals surface area (Å²) in [6.45, 7) is 5.28. The van der Waals surface area contributed by atoms with Crippen LogP contribution in [0.25, 0.3) is 11.4 Å². The molecule has 0 aliphatic heterocycles. The van der Waals surface area contributed by atoms with Crippen molar-refractivity contribution in [3.05, 3.63) is 36.3 Å². The van der Waals surface area contributed by atoms with E-state index in [-0.39, 0.29) is 0 Å². The van der Waals surface area contributed by atoms with E-state index in [0.29, 0.717) is 5.41 Å². The van der Waals surface area contributed by atoms with Gasteiger partial charge in [-0.15, -0.1) is 0 Å². The molecular formula is C17H22N4. The van der Waals surface area contributed by atoms with Gasteiger partial charge in [0.05, 0.1) is 0 Å². The van der Waals surface area contributed by atoms with Crippen LogP contribution < -0.4 is 5.32 Å². The van der Waals surface area contributed by atoms with E-state index in [1.165, 1.54) is 25.7 Å². The second-order valence-electron chi connectivity index (χ2n) is 6.06. The molecule has 1 fully saturated rings. The van der Waals surface area contributed by atoms with Crippen molar-refractivity contribution in [1.29, 1.82) is 0 Å². The van der Waals surface area contributed by atoms with Gasteiger partial charge in [0.15, 0.2) is 5.82 Å². The Morgan fingerprint density at radius 3 is 2.81 bits per heavy atom. The topological polar surface area (TPSA) is 50.7 Å². The molecule has 0 bridgehead atoms. The van der Waals surface area contributed by atoms with E-state index in [4.69, 9.17) is 0 Å². The molecule has 1 N–H and O–H groups in total. The Balaban J connectivity index is 1.76. The van der Waals surface area contributed by atoms with Crippen LogP contribution in [0.3, 0.4) is 0 Å². The van der Waals surface area contributed by atoms with E-state index in [9.17, 15) is 0 Å². The number of anilines is 1. The van der Waals surface area contributed by atoms with Gasteiger partial charge in [-0.25, -0.2) is 9.97 Å². The third kappa shape index (κ3) is 3.38. The van der Waals surface area contributed by atoms with Crippen LogP contribution in [-0.2, 0) is 0 Å². The number of hydrogen-bond acceptors (Lipinski definition) is 4. The SMILES string of the molecule is CCCC1(CNc2cc(C)nc(-c3cccnc3)n2)CC1. The molecule has 110 valence electrons. The molecule has 0 atom stereocenters. The fraction of sp³-hybridized carbons (Fsp3) is 0.471. The summed E-state index contributed by atoms with van der Waals surface area (Å²) in [5.41, 5.74) is 2.45. The quantitative estimate of drug-likeness (QED) is 0.874. The van der Waals surface area contributed by atoms with Crippen LogP contribution in [0.2, 0.25) is 0 Å². The van der Waals surface area contributed by atoms with Gasteiger partial charge in [0.2, 0.25) is 0 Å². The van der Waals surface area contributed by atoms with Crippen LogP contribution in [-0.4, -0.2) is 21.5 Å². The molecule has 2 aromatic heterocycles. The zero-order valence-corrected chi connectivity index (χ0v) is 12.8. The summed E-state index contributed by atoms with van der Waals surface area (Å²) < 4.78 is 0. The lowest BCUT2D eigenvalue weighted by atomic mass is 10.0. The van der Waals surface area contributed by atoms with Crippen LogP contribution in [0.4, 0.5) is 5.82 Å². The van der Waals surface area contributed by atoms with E-state index < -0.39 is 0 Å². The van der Waals surface area contributed by atoms with Crippen molar-refractivity contribution in [2.24, 2.45) is 5.41 Å². The predicted octanol–water partition coefficient (Wildman–Crippen LogP) is 3.84. The molecule has 0 unspecified atom stereocenters. The minimum Gasteiger partial charge on any atom is -0.369 e. The molecule has 0 amide bonds. The maximum atomic E-state index is 4.63. The largest absolute Gasteiger partial charge is 0.369 e. The summed E-state index contributed by atoms with van der Waals surface area (Å²) in [6, 6.07) is 5.92. The molecule has 1 aliphatic carbocycles. The Bertz CT molecular complexity index is 605. The fourth-order valence-corrected chi connectivity index (χ4v) is 2.78. The molecule has 0 radical (unpaired) electrons. The maximum Gasteiger partial charge on any atom is 0.163 e. The average molecular weight is 282 g/mol. The van der Waals surface area contributed by atoms with Crippen LogP contribution in [0.1, 0.15) is 38.3 Å². The smallest absolute Gasteiger partial charge is 0.163 e. The summed E-state index contributed by atoms with van der Waals surface area (Å²) in [5.74, 6) is 1.66. The highest BCUT2D eigenvalue weighted by molar-refractivity contribution is 5.56. The molecule has 1 saturated carbocycles. The highest BCUT2D eigenvalue weighted by Crippen LogP contribution is 2.49. The highest BCUT2D eigenvalue weighted by Gasteiger charge is 2.41. The van der Waals surface area contributed by atoms with Crippen molar-refractivity contribution in [3.63, 3.8) is 0 Å². The second-order valence-corrected chi connectivity index (χ2v) is 6.06. The monoisotopic (exact) mass is 282 g/mol. The van der Waals surface area contributed by atoms with Gasteiger partial charge in [-0.05, 0) is 43.7 Å². The molecule has 0 spiro atoms. The lowest BCUT2D eigenvalue weighted by Crippen LogP contribution is -2.16. The Morgan fingerprint density at radius 2 is 2.14 bits per heavy atom. The maximum absolute atomic E-state index is 4.63. The molecule has 0 aromatic carbocycles. The molecule has 21 heavy (non-hydrogen) atoms. The Kier molecular flexibility index (Phi) is 3.86. The molecule has 4 nitrogen and oxygen atoms in total. The first-order chi connectivity index (χ1) is 10.2. The summed E-state index contributed by atoms with van der Waals surface area (Å²) in [4.78, 5) is 13.3. The lowest BCUT2D eigenvalue weighted by molar-refractivity contribution is 0.485. The summed E-state index contributed by atoms with van der Waals surface area (Å²) in [7, 11) is 0. The van der Waals surface area contributed by atoms with Crippen molar-refractivity contribution in [2.45, 2.75) is 39.5 Å². The standard InChI is InChI=1S/C17H22N4/c1-3-6-17(7-8-17)12-19-15-10-13(2)20-16(21-15)14-5-4-9-18-11-14/h4-5,9-11H,3,6-8,12H2,1-2H3,(H,19,20,21). The van der Waals surface area contributed by atoms with Crippen LogP contribution >= 0.6 is 0 Å². The van der Waals surface area contributed by atoms with Crippen LogP contribution in [0, 0.1) is 12.3 Å². The number of nitrogens with one attached hydrogen (secondary N) is 1. The number of pyridine rings is 1. The van der Waals surface area contributed by atoms with Crippen molar-refractivity contribution in [1.82, 2.24) is 15.0 Å². The summed E-state index contributed by atoms with van der Waals surface area (Å²) >= 11 is 0. The van der Waals surface area contributed by atoms with Gasteiger partial charge in [-0.2, -0.15) is 0 Å². The van der Waals surface area contributed by atoms with Crippen molar-refractivity contribution in [2.75, 3.05) is 11.9 Å². The minimum atomic E-state index is 0.516. The molecule has 2 aromatic rings. The van der Waals surface area contributed by atoms with Gasteiger partial charge >= 0.3 is 0 Å². The molecule has 1 aliphatic rings. The Morgan fingerprint density at radius 1 is 1.29 bits per heavy atom. The number of nitrogens with zero attached hydrogens (tertiary/aromatic N) is 3. The number of aryl methyl sites for hydroxylation is 1. The van der Waals surface area contributed by atoms with Crippen LogP contribution in [0.15, 0.2) is 30.6 Å². The number of aromatic nitrogens is 3. The molecule has 3 rings (SSSR count). The molecule has 2 heterocycles. The second kappa shape index (κ2) is 5.80. The summed E-state index contributed by atoms with van der Waals surface area (Å²) in [6.07, 6.45) is 8.81. The molecular weight excluding hydrogens is 260 g/mol. The van der Waals surface area contributed by atoms with Gasteiger partial charge in [0.25, 0.3) is 0 Å². The summed E-state index contributed by atoms with van der Waals surface area (Å²) in [5, 5.41) is 3.51. The third-order valence-electron chi connectivity index (χ3n) is 4.16. The van der Waals surface area contributed by atoms with Crippen molar-refractivity contribution >= 4 is 5.82 Å². The number of rotatable bonds is 6. The van der Waals surface area contributed by atoms with E-state index in [1.54, 1.807) is 12.4 Å². The van der Waals surface area contributed by atoms with Crippen molar-refractivity contribution < 1.29 is 0 Å². The normalized spacial score (nSPS) is 15.7. The number of hydrogen-bond donors (Lipinski definition) is 1. The van der Waals surface area contributed by atoms with Gasteiger partial charge in [-0.1, -0.05) is 13.3 Å². The van der Waals surface area contributed by atoms with Crippen LogP contribution in [0.5, 0.6) is 0 Å². The van der Waals surface area contributed by atoms with E-state index in [2.05, 4.69) is 27.2 Å². The van der Waals surface area contributed by atoms with Gasteiger partial charge < -0.3 is 5.32 Å². The van der Waals surface area contributed by atoms with Gasteiger partial charge in [0, 0.05) is 36.3 Å². The first-order valence-corrected chi connectivity index (χ1v) is 7.71. The molecule has 4 heteroatoms. The Hall–Kier alpha value is -1.97. The van der Waals surface area contributed by atoms with E-state index >= 15 is 0 Å². The third-order valence-corrected chi connectivity index (χ3v) is 4.16. The first kappa shape index (κ1) is 14.0. The van der Waals surface area contributed by atoms with Crippen molar-refractivity contribution in [3.8, 4) is 11.4 Å². The zero-order chi connectivity index (χ0) is 14.7. The minimum absolute atomic E-state index is 0.516. The highest BCUT2D eigenvalue weighted by atomic mass is 15.0. The van der Waals surface area contributed by atoms with E-state index in [0.717, 1.165) is 29.4 Å². The fourth-order valence-electron chi connectivity index (χ4n) is 2.78. The zero-order valence-electron chi connectivity index (χ0n) is 12.8. The van der Waals surface area contributed by atoms with E-state index in [1.807, 2.05) is 25.1 Å².